The molecule has 0 fully saturated rings. The van der Waals surface area contributed by atoms with Gasteiger partial charge in [0, 0.05) is 0 Å². The lowest BCUT2D eigenvalue weighted by molar-refractivity contribution is -0.685. The van der Waals surface area contributed by atoms with Crippen molar-refractivity contribution in [2.45, 2.75) is 0 Å². The maximum Gasteiger partial charge on any atom is 0.199 e. The fourth-order valence-electron chi connectivity index (χ4n) is 0.0698. The van der Waals surface area contributed by atoms with E-state index in [1.165, 1.54) is 5.40 Å². The van der Waals surface area contributed by atoms with Gasteiger partial charge in [-0.15, -0.1) is 0 Å². The Bertz CT molecular complexity index is 129. The summed E-state index contributed by atoms with van der Waals surface area (Å²) in [4.78, 5) is 9.40. The van der Waals surface area contributed by atoms with Crippen molar-refractivity contribution in [2.24, 2.45) is 0 Å². The third-order valence-electron chi connectivity index (χ3n) is 0.262. The third-order valence-corrected chi connectivity index (χ3v) is 0.640. The maximum absolute atomic E-state index is 9.40. The zero-order valence-corrected chi connectivity index (χ0v) is 4.33. The van der Waals surface area contributed by atoms with Gasteiger partial charge in [0.1, 0.15) is 0 Å². The van der Waals surface area contributed by atoms with Crippen molar-refractivity contribution < 1.29 is 10.2 Å². The van der Waals surface area contributed by atoms with Gasteiger partial charge < -0.3 is 0 Å². The minimum Gasteiger partial charge on any atom is -0.232 e. The monoisotopic (exact) mass is 135 g/mol. The van der Waals surface area contributed by atoms with Crippen LogP contribution in [0.1, 0.15) is 0 Å². The molecule has 0 rings (SSSR count). The van der Waals surface area contributed by atoms with E-state index in [0.29, 0.717) is 0 Å². The van der Waals surface area contributed by atoms with Crippen LogP contribution in [0.15, 0.2) is 0 Å². The average molecular weight is 135 g/mol. The van der Waals surface area contributed by atoms with Crippen LogP contribution in [0.5, 0.6) is 0 Å². The van der Waals surface area contributed by atoms with E-state index in [9.17, 15) is 10.1 Å². The van der Waals surface area contributed by atoms with Gasteiger partial charge in [0.2, 0.25) is 0 Å². The van der Waals surface area contributed by atoms with Crippen molar-refractivity contribution >= 4 is 11.9 Å². The zero-order chi connectivity index (χ0) is 6.57. The number of nitrogens with zero attached hydrogens (tertiary/aromatic N) is 3. The van der Waals surface area contributed by atoms with Gasteiger partial charge in [-0.05, 0) is 0 Å². The first kappa shape index (κ1) is 7.00. The Balaban J connectivity index is 3.52. The van der Waals surface area contributed by atoms with Crippen LogP contribution in [0.4, 0.5) is 0 Å². The van der Waals surface area contributed by atoms with Crippen molar-refractivity contribution in [2.75, 3.05) is 0 Å². The van der Waals surface area contributed by atoms with E-state index in [0.717, 1.165) is 0 Å². The van der Waals surface area contributed by atoms with Crippen LogP contribution >= 0.6 is 11.9 Å². The highest BCUT2D eigenvalue weighted by Gasteiger charge is 2.08. The highest BCUT2D eigenvalue weighted by atomic mass is 32.2. The summed E-state index contributed by atoms with van der Waals surface area (Å²) in [7, 11) is 0. The summed E-state index contributed by atoms with van der Waals surface area (Å²) in [6.07, 6.45) is 0. The van der Waals surface area contributed by atoms with Crippen molar-refractivity contribution in [3.63, 3.8) is 0 Å². The molecule has 0 spiro atoms. The standard InChI is InChI=1S/CHN3O3S/c2-1-8-4(7)3(5)6/h7H. The molecule has 6 nitrogen and oxygen atoms in total. The van der Waals surface area contributed by atoms with Gasteiger partial charge in [-0.1, -0.05) is 0 Å². The summed E-state index contributed by atoms with van der Waals surface area (Å²) in [5.41, 5.74) is 0. The molecule has 0 aliphatic heterocycles. The van der Waals surface area contributed by atoms with Crippen LogP contribution in [0, 0.1) is 20.8 Å². The van der Waals surface area contributed by atoms with E-state index in [4.69, 9.17) is 10.5 Å². The fraction of sp³-hybridized carbons (Fsp3) is 0. The van der Waals surface area contributed by atoms with Gasteiger partial charge in [0.05, 0.1) is 4.58 Å². The Hall–Kier alpha value is -1.00. The highest BCUT2D eigenvalue weighted by molar-refractivity contribution is 8.01. The summed E-state index contributed by atoms with van der Waals surface area (Å²) in [6, 6.07) is 0. The summed E-state index contributed by atoms with van der Waals surface area (Å²) in [5.74, 6) is 0. The van der Waals surface area contributed by atoms with Gasteiger partial charge in [-0.3, -0.25) is 0 Å². The van der Waals surface area contributed by atoms with E-state index in [1.54, 1.807) is 0 Å². The number of hydrogen-bond acceptors (Lipinski definition) is 5. The SMILES string of the molecule is N#CSN(O)[N+](=O)[O-]. The molecule has 0 heterocycles. The van der Waals surface area contributed by atoms with E-state index in [2.05, 4.69) is 0 Å². The molecule has 0 aromatic heterocycles. The molecular formula is CHN3O3S. The number of hydrazine groups is 1. The Morgan fingerprint density at radius 3 is 2.62 bits per heavy atom. The largest absolute Gasteiger partial charge is 0.232 e. The summed E-state index contributed by atoms with van der Waals surface area (Å²) < 4.78 is -0.375. The van der Waals surface area contributed by atoms with E-state index in [1.807, 2.05) is 0 Å². The molecule has 0 radical (unpaired) electrons. The van der Waals surface area contributed by atoms with Crippen LogP contribution in [-0.4, -0.2) is 14.8 Å². The number of thiocyanates is 1. The predicted molar refractivity (Wildman–Crippen MR) is 23.8 cm³/mol. The van der Waals surface area contributed by atoms with Crippen LogP contribution in [0.2, 0.25) is 0 Å². The Morgan fingerprint density at radius 2 is 2.50 bits per heavy atom. The molecule has 0 aromatic rings. The molecule has 44 valence electrons. The maximum atomic E-state index is 9.40. The molecule has 0 aliphatic rings. The second-order valence-electron chi connectivity index (χ2n) is 0.673. The average Bonchev–Trinajstić information content (AvgIpc) is 1.67. The molecule has 0 saturated heterocycles. The van der Waals surface area contributed by atoms with Crippen molar-refractivity contribution in [3.8, 4) is 5.40 Å². The molecule has 0 amide bonds. The van der Waals surface area contributed by atoms with E-state index in [-0.39, 0.29) is 16.5 Å². The fourth-order valence-corrected chi connectivity index (χ4v) is 0.210. The molecule has 0 aromatic carbocycles. The second-order valence-corrected chi connectivity index (χ2v) is 1.36. The third kappa shape index (κ3) is 2.22. The Morgan fingerprint density at radius 1 is 2.00 bits per heavy atom. The van der Waals surface area contributed by atoms with Gasteiger partial charge >= 0.3 is 0 Å². The molecule has 0 atom stereocenters. The van der Waals surface area contributed by atoms with Crippen molar-refractivity contribution in [3.05, 3.63) is 10.1 Å². The van der Waals surface area contributed by atoms with Crippen LogP contribution in [0.25, 0.3) is 0 Å². The van der Waals surface area contributed by atoms with Gasteiger partial charge in [0.25, 0.3) is 0 Å². The number of rotatable bonds is 2. The lowest BCUT2D eigenvalue weighted by Crippen LogP contribution is -2.16. The Labute approximate surface area is 48.5 Å². The summed E-state index contributed by atoms with van der Waals surface area (Å²) in [6.45, 7) is 0. The first-order valence-electron chi connectivity index (χ1n) is 1.38. The molecule has 1 N–H and O–H groups in total. The van der Waals surface area contributed by atoms with Gasteiger partial charge in [-0.2, -0.15) is 5.26 Å². The first-order chi connectivity index (χ1) is 3.68. The summed E-state index contributed by atoms with van der Waals surface area (Å²) in [5, 5.41) is 25.3. The molecule has 7 heteroatoms. The van der Waals surface area contributed by atoms with Crippen LogP contribution in [0.3, 0.4) is 0 Å². The van der Waals surface area contributed by atoms with Crippen LogP contribution in [-0.2, 0) is 0 Å². The smallest absolute Gasteiger partial charge is 0.199 e. The molecule has 0 unspecified atom stereocenters. The minimum absolute atomic E-state index is 0.0347. The number of nitriles is 1. The van der Waals surface area contributed by atoms with Crippen molar-refractivity contribution in [1.29, 1.82) is 5.26 Å². The lowest BCUT2D eigenvalue weighted by Gasteiger charge is -1.93. The number of hydrogen-bond donors (Lipinski definition) is 1. The molecule has 8 heavy (non-hydrogen) atoms. The van der Waals surface area contributed by atoms with Crippen LogP contribution < -0.4 is 0 Å². The van der Waals surface area contributed by atoms with E-state index >= 15 is 0 Å². The molecular weight excluding hydrogens is 134 g/mol. The molecule has 0 saturated carbocycles. The Kier molecular flexibility index (Phi) is 2.68. The number of nitro groups is 1. The van der Waals surface area contributed by atoms with Gasteiger partial charge in [0.15, 0.2) is 22.4 Å². The van der Waals surface area contributed by atoms with Crippen molar-refractivity contribution in [1.82, 2.24) is 4.58 Å². The highest BCUT2D eigenvalue weighted by Crippen LogP contribution is 2.00. The van der Waals surface area contributed by atoms with E-state index < -0.39 is 5.03 Å². The lowest BCUT2D eigenvalue weighted by atomic mass is 11.8. The summed E-state index contributed by atoms with van der Waals surface area (Å²) >= 11 is 0.0347. The predicted octanol–water partition coefficient (Wildman–Crippen LogP) is -0.00142. The topological polar surface area (TPSA) is 90.4 Å². The quantitative estimate of drug-likeness (QED) is 0.248. The normalized spacial score (nSPS) is 7.50. The minimum atomic E-state index is -1.12. The van der Waals surface area contributed by atoms with Gasteiger partial charge in [-0.25, -0.2) is 15.3 Å². The zero-order valence-electron chi connectivity index (χ0n) is 3.51. The molecule has 0 bridgehead atoms. The first-order valence-corrected chi connectivity index (χ1v) is 2.15. The second kappa shape index (κ2) is 3.06. The molecule has 0 aliphatic carbocycles.